The molecule has 1 aromatic heterocycles. The van der Waals surface area contributed by atoms with Crippen LogP contribution in [0.5, 0.6) is 0 Å². The average Bonchev–Trinajstić information content (AvgIpc) is 2.48. The highest BCUT2D eigenvalue weighted by molar-refractivity contribution is 7.89. The summed E-state index contributed by atoms with van der Waals surface area (Å²) in [7, 11) is -2.24. The second kappa shape index (κ2) is 6.62. The summed E-state index contributed by atoms with van der Waals surface area (Å²) < 4.78 is 63.0. The molecule has 0 spiro atoms. The van der Waals surface area contributed by atoms with Gasteiger partial charge >= 0.3 is 6.18 Å². The lowest BCUT2D eigenvalue weighted by atomic mass is 10.2. The Morgan fingerprint density at radius 1 is 1.35 bits per heavy atom. The third-order valence-corrected chi connectivity index (χ3v) is 5.17. The van der Waals surface area contributed by atoms with Crippen LogP contribution < -0.4 is 9.62 Å². The van der Waals surface area contributed by atoms with Crippen LogP contribution >= 0.6 is 0 Å². The summed E-state index contributed by atoms with van der Waals surface area (Å²) in [4.78, 5) is 7.41. The molecule has 0 saturated carbocycles. The number of rotatable bonds is 4. The van der Waals surface area contributed by atoms with E-state index in [4.69, 9.17) is 0 Å². The maximum absolute atomic E-state index is 12.5. The van der Waals surface area contributed by atoms with E-state index < -0.39 is 22.7 Å². The van der Waals surface area contributed by atoms with Gasteiger partial charge in [-0.25, -0.2) is 18.1 Å². The van der Waals surface area contributed by atoms with Gasteiger partial charge in [-0.2, -0.15) is 13.2 Å². The van der Waals surface area contributed by atoms with Crippen LogP contribution in [-0.4, -0.2) is 63.7 Å². The molecular weight excluding hydrogens is 333 g/mol. The molecule has 130 valence electrons. The molecule has 10 heteroatoms. The lowest BCUT2D eigenvalue weighted by molar-refractivity contribution is -0.150. The molecule has 1 fully saturated rings. The molecule has 0 radical (unpaired) electrons. The number of hydrogen-bond donors (Lipinski definition) is 1. The third kappa shape index (κ3) is 4.55. The van der Waals surface area contributed by atoms with E-state index >= 15 is 0 Å². The Hall–Kier alpha value is -1.39. The summed E-state index contributed by atoms with van der Waals surface area (Å²) in [5.74, 6) is 0.554. The molecule has 6 nitrogen and oxygen atoms in total. The van der Waals surface area contributed by atoms with E-state index in [2.05, 4.69) is 9.71 Å². The zero-order valence-electron chi connectivity index (χ0n) is 12.8. The van der Waals surface area contributed by atoms with Gasteiger partial charge in [-0.15, -0.1) is 0 Å². The van der Waals surface area contributed by atoms with E-state index in [-0.39, 0.29) is 17.5 Å². The third-order valence-electron chi connectivity index (χ3n) is 3.77. The van der Waals surface area contributed by atoms with Crippen LogP contribution in [0.4, 0.5) is 19.0 Å². The molecule has 0 aromatic carbocycles. The Balaban J connectivity index is 2.05. The number of pyridine rings is 1. The fourth-order valence-corrected chi connectivity index (χ4v) is 3.18. The van der Waals surface area contributed by atoms with E-state index in [1.165, 1.54) is 24.2 Å². The van der Waals surface area contributed by atoms with Crippen molar-refractivity contribution >= 4 is 15.8 Å². The summed E-state index contributed by atoms with van der Waals surface area (Å²) in [6, 6.07) is 2.73. The maximum atomic E-state index is 12.5. The van der Waals surface area contributed by atoms with Crippen molar-refractivity contribution in [1.29, 1.82) is 0 Å². The van der Waals surface area contributed by atoms with E-state index in [0.717, 1.165) is 0 Å². The van der Waals surface area contributed by atoms with Crippen molar-refractivity contribution < 1.29 is 21.6 Å². The number of nitrogens with one attached hydrogen (secondary N) is 1. The van der Waals surface area contributed by atoms with Gasteiger partial charge in [0.05, 0.1) is 6.54 Å². The van der Waals surface area contributed by atoms with Crippen LogP contribution in [0.1, 0.15) is 6.92 Å². The minimum absolute atomic E-state index is 0.0486. The van der Waals surface area contributed by atoms with Gasteiger partial charge in [0.25, 0.3) is 0 Å². The van der Waals surface area contributed by atoms with Gasteiger partial charge in [0.15, 0.2) is 0 Å². The number of alkyl halides is 3. The molecule has 1 saturated heterocycles. The van der Waals surface area contributed by atoms with Crippen LogP contribution in [-0.2, 0) is 10.0 Å². The first-order valence-corrected chi connectivity index (χ1v) is 8.56. The quantitative estimate of drug-likeness (QED) is 0.878. The van der Waals surface area contributed by atoms with Gasteiger partial charge in [-0.05, 0) is 26.1 Å². The Morgan fingerprint density at radius 3 is 2.52 bits per heavy atom. The van der Waals surface area contributed by atoms with Crippen molar-refractivity contribution in [3.05, 3.63) is 18.3 Å². The fraction of sp³-hybridized carbons (Fsp3) is 0.615. The largest absolute Gasteiger partial charge is 0.401 e. The molecule has 0 bridgehead atoms. The van der Waals surface area contributed by atoms with Crippen molar-refractivity contribution in [2.24, 2.45) is 0 Å². The van der Waals surface area contributed by atoms with Crippen LogP contribution in [0.2, 0.25) is 0 Å². The highest BCUT2D eigenvalue weighted by Gasteiger charge is 2.35. The normalized spacial score (nSPS) is 20.7. The monoisotopic (exact) mass is 352 g/mol. The van der Waals surface area contributed by atoms with Crippen LogP contribution in [0, 0.1) is 0 Å². The second-order valence-electron chi connectivity index (χ2n) is 5.44. The first-order chi connectivity index (χ1) is 10.6. The predicted molar refractivity (Wildman–Crippen MR) is 79.8 cm³/mol. The molecule has 1 atom stereocenters. The topological polar surface area (TPSA) is 65.5 Å². The van der Waals surface area contributed by atoms with E-state index in [1.54, 1.807) is 13.0 Å². The Bertz CT molecular complexity index is 634. The van der Waals surface area contributed by atoms with Gasteiger partial charge in [0.2, 0.25) is 10.0 Å². The summed E-state index contributed by atoms with van der Waals surface area (Å²) in [5, 5.41) is 0. The first kappa shape index (κ1) is 18.0. The lowest BCUT2D eigenvalue weighted by Crippen LogP contribution is -2.54. The highest BCUT2D eigenvalue weighted by Crippen LogP contribution is 2.22. The first-order valence-electron chi connectivity index (χ1n) is 7.08. The number of aromatic nitrogens is 1. The maximum Gasteiger partial charge on any atom is 0.401 e. The average molecular weight is 352 g/mol. The summed E-state index contributed by atoms with van der Waals surface area (Å²) >= 11 is 0. The van der Waals surface area contributed by atoms with Crippen LogP contribution in [0.25, 0.3) is 0 Å². The van der Waals surface area contributed by atoms with Gasteiger partial charge in [-0.3, -0.25) is 4.90 Å². The highest BCUT2D eigenvalue weighted by atomic mass is 32.2. The molecule has 2 rings (SSSR count). The number of anilines is 1. The minimum Gasteiger partial charge on any atom is -0.354 e. The number of sulfonamides is 1. The molecular formula is C13H19F3N4O2S. The van der Waals surface area contributed by atoms with Crippen molar-refractivity contribution in [2.75, 3.05) is 38.1 Å². The van der Waals surface area contributed by atoms with Crippen LogP contribution in [0.3, 0.4) is 0 Å². The summed E-state index contributed by atoms with van der Waals surface area (Å²) in [5.41, 5.74) is 0. The molecule has 1 aromatic rings. The van der Waals surface area contributed by atoms with Crippen molar-refractivity contribution in [3.8, 4) is 0 Å². The van der Waals surface area contributed by atoms with Crippen LogP contribution in [0.15, 0.2) is 23.2 Å². The van der Waals surface area contributed by atoms with Crippen molar-refractivity contribution in [2.45, 2.75) is 24.0 Å². The van der Waals surface area contributed by atoms with Gasteiger partial charge in [-0.1, -0.05) is 0 Å². The van der Waals surface area contributed by atoms with Crippen molar-refractivity contribution in [1.82, 2.24) is 14.6 Å². The van der Waals surface area contributed by atoms with Gasteiger partial charge in [0.1, 0.15) is 10.7 Å². The van der Waals surface area contributed by atoms with E-state index in [9.17, 15) is 21.6 Å². The van der Waals surface area contributed by atoms with E-state index in [1.807, 2.05) is 4.90 Å². The molecule has 2 heterocycles. The van der Waals surface area contributed by atoms with Crippen molar-refractivity contribution in [3.63, 3.8) is 0 Å². The van der Waals surface area contributed by atoms with Gasteiger partial charge in [0, 0.05) is 31.9 Å². The summed E-state index contributed by atoms with van der Waals surface area (Å²) in [6.07, 6.45) is -2.97. The standard InChI is InChI=1S/C13H19F3N4O2S/c1-10-8-19(5-6-20(10)9-13(14,15)16)12-4-3-11(7-18-12)23(21,22)17-2/h3-4,7,10,17H,5-6,8-9H2,1-2H3. The minimum atomic E-state index is -4.21. The number of halogens is 3. The predicted octanol–water partition coefficient (Wildman–Crippen LogP) is 1.06. The van der Waals surface area contributed by atoms with Gasteiger partial charge < -0.3 is 4.90 Å². The molecule has 1 aliphatic heterocycles. The molecule has 0 aliphatic carbocycles. The Morgan fingerprint density at radius 2 is 2.04 bits per heavy atom. The smallest absolute Gasteiger partial charge is 0.354 e. The Kier molecular flexibility index (Phi) is 5.17. The molecule has 0 amide bonds. The molecule has 1 N–H and O–H groups in total. The molecule has 23 heavy (non-hydrogen) atoms. The van der Waals surface area contributed by atoms with E-state index in [0.29, 0.717) is 18.9 Å². The number of piperazine rings is 1. The zero-order valence-corrected chi connectivity index (χ0v) is 13.7. The second-order valence-corrected chi connectivity index (χ2v) is 7.33. The SMILES string of the molecule is CNS(=O)(=O)c1ccc(N2CCN(CC(F)(F)F)C(C)C2)nc1. The lowest BCUT2D eigenvalue weighted by Gasteiger charge is -2.40. The number of hydrogen-bond acceptors (Lipinski definition) is 5. The zero-order chi connectivity index (χ0) is 17.3. The number of nitrogens with zero attached hydrogens (tertiary/aromatic N) is 3. The summed E-state index contributed by atoms with van der Waals surface area (Å²) in [6.45, 7) is 1.90. The molecule has 1 aliphatic rings. The molecule has 1 unspecified atom stereocenters. The fourth-order valence-electron chi connectivity index (χ4n) is 2.50. The Labute approximate surface area is 133 Å².